The molecule has 0 saturated heterocycles. The van der Waals surface area contributed by atoms with Gasteiger partial charge >= 0.3 is 0 Å². The first-order chi connectivity index (χ1) is 9.33. The van der Waals surface area contributed by atoms with E-state index >= 15 is 0 Å². The lowest BCUT2D eigenvalue weighted by molar-refractivity contribution is 0.608. The molecule has 0 radical (unpaired) electrons. The predicted molar refractivity (Wildman–Crippen MR) is 72.7 cm³/mol. The molecule has 98 valence electrons. The molecule has 0 saturated carbocycles. The molecule has 0 aliphatic rings. The Morgan fingerprint density at radius 2 is 2.26 bits per heavy atom. The largest absolute Gasteiger partial charge is 0.357 e. The molecular formula is C12H15N7. The molecule has 3 heterocycles. The van der Waals surface area contributed by atoms with Crippen LogP contribution in [0.4, 0.5) is 5.95 Å². The van der Waals surface area contributed by atoms with Gasteiger partial charge in [0.1, 0.15) is 5.69 Å². The smallest absolute Gasteiger partial charge is 0.225 e. The number of fused-ring (bicyclic) bond motifs is 1. The zero-order chi connectivity index (χ0) is 13.2. The molecule has 7 heteroatoms. The Balaban J connectivity index is 2.22. The lowest BCUT2D eigenvalue weighted by Crippen LogP contribution is -2.04. The van der Waals surface area contributed by atoms with Crippen LogP contribution in [0.1, 0.15) is 13.3 Å². The van der Waals surface area contributed by atoms with Gasteiger partial charge in [-0.3, -0.25) is 9.78 Å². The molecule has 3 aromatic rings. The number of hydrogen-bond donors (Lipinski definition) is 2. The number of aromatic amines is 1. The second-order valence-electron chi connectivity index (χ2n) is 4.22. The van der Waals surface area contributed by atoms with Crippen molar-refractivity contribution in [3.05, 3.63) is 18.5 Å². The molecule has 0 fully saturated rings. The van der Waals surface area contributed by atoms with E-state index < -0.39 is 0 Å². The minimum absolute atomic E-state index is 0.566. The van der Waals surface area contributed by atoms with E-state index in [-0.39, 0.29) is 0 Å². The van der Waals surface area contributed by atoms with Crippen LogP contribution in [0.3, 0.4) is 0 Å². The summed E-state index contributed by atoms with van der Waals surface area (Å²) in [7, 11) is 1.80. The van der Waals surface area contributed by atoms with Gasteiger partial charge in [-0.05, 0) is 12.5 Å². The highest BCUT2D eigenvalue weighted by molar-refractivity contribution is 5.89. The SMILES string of the molecule is CCCn1nccc1-c1nc(NC)nc2[nH]ncc12. The van der Waals surface area contributed by atoms with Crippen LogP contribution < -0.4 is 5.32 Å². The first-order valence-corrected chi connectivity index (χ1v) is 6.24. The molecule has 2 N–H and O–H groups in total. The zero-order valence-electron chi connectivity index (χ0n) is 10.9. The molecule has 0 spiro atoms. The van der Waals surface area contributed by atoms with Crippen LogP contribution in [-0.2, 0) is 6.54 Å². The maximum Gasteiger partial charge on any atom is 0.225 e. The van der Waals surface area contributed by atoms with Gasteiger partial charge in [0.05, 0.1) is 17.3 Å². The number of nitrogens with one attached hydrogen (secondary N) is 2. The lowest BCUT2D eigenvalue weighted by Gasteiger charge is -2.07. The van der Waals surface area contributed by atoms with E-state index in [1.807, 2.05) is 10.7 Å². The quantitative estimate of drug-likeness (QED) is 0.742. The van der Waals surface area contributed by atoms with Gasteiger partial charge in [-0.25, -0.2) is 4.98 Å². The van der Waals surface area contributed by atoms with Crippen LogP contribution in [0.15, 0.2) is 18.5 Å². The minimum atomic E-state index is 0.566. The number of nitrogens with zero attached hydrogens (tertiary/aromatic N) is 5. The van der Waals surface area contributed by atoms with Crippen molar-refractivity contribution in [2.24, 2.45) is 0 Å². The fourth-order valence-electron chi connectivity index (χ4n) is 2.07. The van der Waals surface area contributed by atoms with Crippen molar-refractivity contribution < 1.29 is 0 Å². The Morgan fingerprint density at radius 1 is 1.37 bits per heavy atom. The number of hydrogen-bond acceptors (Lipinski definition) is 5. The number of H-pyrrole nitrogens is 1. The number of aryl methyl sites for hydroxylation is 1. The molecule has 0 bridgehead atoms. The third kappa shape index (κ3) is 1.92. The number of rotatable bonds is 4. The molecule has 3 rings (SSSR count). The van der Waals surface area contributed by atoms with Crippen molar-refractivity contribution in [1.82, 2.24) is 29.9 Å². The summed E-state index contributed by atoms with van der Waals surface area (Å²) >= 11 is 0. The van der Waals surface area contributed by atoms with Crippen molar-refractivity contribution in [3.63, 3.8) is 0 Å². The second kappa shape index (κ2) is 4.68. The van der Waals surface area contributed by atoms with Crippen LogP contribution >= 0.6 is 0 Å². The van der Waals surface area contributed by atoms with Crippen molar-refractivity contribution >= 4 is 17.0 Å². The predicted octanol–water partition coefficient (Wildman–Crippen LogP) is 1.67. The Hall–Kier alpha value is -2.44. The first kappa shape index (κ1) is 11.6. The van der Waals surface area contributed by atoms with E-state index in [0.29, 0.717) is 5.95 Å². The average molecular weight is 257 g/mol. The fourth-order valence-corrected chi connectivity index (χ4v) is 2.07. The highest BCUT2D eigenvalue weighted by Crippen LogP contribution is 2.25. The van der Waals surface area contributed by atoms with Gasteiger partial charge in [-0.1, -0.05) is 6.92 Å². The molecule has 0 unspecified atom stereocenters. The second-order valence-corrected chi connectivity index (χ2v) is 4.22. The Bertz CT molecular complexity index is 697. The van der Waals surface area contributed by atoms with Crippen molar-refractivity contribution in [3.8, 4) is 11.4 Å². The standard InChI is InChI=1S/C12H15N7/c1-3-6-19-9(4-5-15-19)10-8-7-14-18-11(8)17-12(13-2)16-10/h4-5,7H,3,6H2,1-2H3,(H2,13,14,16,17,18). The highest BCUT2D eigenvalue weighted by atomic mass is 15.3. The lowest BCUT2D eigenvalue weighted by atomic mass is 10.2. The van der Waals surface area contributed by atoms with Gasteiger partial charge in [0.2, 0.25) is 5.95 Å². The van der Waals surface area contributed by atoms with E-state index in [1.165, 1.54) is 0 Å². The molecule has 19 heavy (non-hydrogen) atoms. The summed E-state index contributed by atoms with van der Waals surface area (Å²) in [4.78, 5) is 8.86. The third-order valence-corrected chi connectivity index (χ3v) is 2.93. The van der Waals surface area contributed by atoms with Gasteiger partial charge in [-0.15, -0.1) is 0 Å². The Kier molecular flexibility index (Phi) is 2.86. The maximum absolute atomic E-state index is 4.53. The maximum atomic E-state index is 4.53. The fraction of sp³-hybridized carbons (Fsp3) is 0.333. The highest BCUT2D eigenvalue weighted by Gasteiger charge is 2.14. The minimum Gasteiger partial charge on any atom is -0.357 e. The zero-order valence-corrected chi connectivity index (χ0v) is 10.9. The topological polar surface area (TPSA) is 84.3 Å². The summed E-state index contributed by atoms with van der Waals surface area (Å²) in [5.74, 6) is 0.566. The summed E-state index contributed by atoms with van der Waals surface area (Å²) in [5.41, 5.74) is 2.54. The van der Waals surface area contributed by atoms with E-state index in [2.05, 4.69) is 37.5 Å². The van der Waals surface area contributed by atoms with Gasteiger partial charge in [0, 0.05) is 19.8 Å². The van der Waals surface area contributed by atoms with Gasteiger partial charge < -0.3 is 5.32 Å². The molecule has 3 aromatic heterocycles. The molecule has 0 aromatic carbocycles. The molecule has 0 amide bonds. The van der Waals surface area contributed by atoms with Crippen LogP contribution in [0.5, 0.6) is 0 Å². The van der Waals surface area contributed by atoms with Gasteiger partial charge in [0.25, 0.3) is 0 Å². The van der Waals surface area contributed by atoms with E-state index in [0.717, 1.165) is 35.4 Å². The van der Waals surface area contributed by atoms with E-state index in [4.69, 9.17) is 0 Å². The molecular weight excluding hydrogens is 242 g/mol. The number of anilines is 1. The van der Waals surface area contributed by atoms with Crippen LogP contribution in [0, 0.1) is 0 Å². The average Bonchev–Trinajstić information content (AvgIpc) is 3.06. The monoisotopic (exact) mass is 257 g/mol. The van der Waals surface area contributed by atoms with Crippen molar-refractivity contribution in [2.45, 2.75) is 19.9 Å². The van der Waals surface area contributed by atoms with Crippen LogP contribution in [0.2, 0.25) is 0 Å². The molecule has 0 aliphatic heterocycles. The van der Waals surface area contributed by atoms with Gasteiger partial charge in [0.15, 0.2) is 5.65 Å². The summed E-state index contributed by atoms with van der Waals surface area (Å²) in [5, 5.41) is 15.1. The molecule has 0 aliphatic carbocycles. The van der Waals surface area contributed by atoms with Crippen LogP contribution in [0.25, 0.3) is 22.4 Å². The third-order valence-electron chi connectivity index (χ3n) is 2.93. The summed E-state index contributed by atoms with van der Waals surface area (Å²) < 4.78 is 1.95. The number of aromatic nitrogens is 6. The molecule has 7 nitrogen and oxygen atoms in total. The van der Waals surface area contributed by atoms with E-state index in [1.54, 1.807) is 19.4 Å². The Morgan fingerprint density at radius 3 is 3.05 bits per heavy atom. The van der Waals surface area contributed by atoms with E-state index in [9.17, 15) is 0 Å². The Labute approximate surface area is 110 Å². The van der Waals surface area contributed by atoms with Crippen molar-refractivity contribution in [1.29, 1.82) is 0 Å². The first-order valence-electron chi connectivity index (χ1n) is 6.24. The van der Waals surface area contributed by atoms with Crippen molar-refractivity contribution in [2.75, 3.05) is 12.4 Å². The summed E-state index contributed by atoms with van der Waals surface area (Å²) in [6.07, 6.45) is 4.55. The molecule has 0 atom stereocenters. The van der Waals surface area contributed by atoms with Crippen LogP contribution in [-0.4, -0.2) is 37.0 Å². The normalized spacial score (nSPS) is 11.1. The summed E-state index contributed by atoms with van der Waals surface area (Å²) in [6, 6.07) is 1.96. The van der Waals surface area contributed by atoms with Gasteiger partial charge in [-0.2, -0.15) is 15.2 Å². The summed E-state index contributed by atoms with van der Waals surface area (Å²) in [6.45, 7) is 2.98.